The van der Waals surface area contributed by atoms with Crippen LogP contribution in [0.3, 0.4) is 0 Å². The molecule has 1 saturated heterocycles. The maximum Gasteiger partial charge on any atom is 0.186 e. The fourth-order valence-electron chi connectivity index (χ4n) is 2.24. The normalized spacial score (nSPS) is 21.4. The lowest BCUT2D eigenvalue weighted by Gasteiger charge is -2.35. The number of rotatable bonds is 4. The van der Waals surface area contributed by atoms with Gasteiger partial charge in [-0.25, -0.2) is 4.98 Å². The van der Waals surface area contributed by atoms with E-state index >= 15 is 0 Å². The van der Waals surface area contributed by atoms with E-state index in [1.165, 1.54) is 30.8 Å². The zero-order valence-electron chi connectivity index (χ0n) is 9.58. The molecule has 0 bridgehead atoms. The van der Waals surface area contributed by atoms with Gasteiger partial charge in [-0.3, -0.25) is 0 Å². The lowest BCUT2D eigenvalue weighted by Crippen LogP contribution is -2.41. The maximum absolute atomic E-state index is 4.53. The van der Waals surface area contributed by atoms with Crippen LogP contribution in [0.2, 0.25) is 0 Å². The summed E-state index contributed by atoms with van der Waals surface area (Å²) in [6.45, 7) is 2.25. The van der Waals surface area contributed by atoms with Crippen molar-refractivity contribution in [1.29, 1.82) is 0 Å². The quantitative estimate of drug-likeness (QED) is 0.927. The number of nitrogens with one attached hydrogen (secondary N) is 1. The second-order valence-electron chi connectivity index (χ2n) is 4.19. The highest BCUT2D eigenvalue weighted by Gasteiger charge is 2.24. The van der Waals surface area contributed by atoms with Crippen molar-refractivity contribution in [3.8, 4) is 0 Å². The molecule has 2 heterocycles. The average Bonchev–Trinajstić information content (AvgIpc) is 2.73. The summed E-state index contributed by atoms with van der Waals surface area (Å²) in [5.41, 5.74) is 0. The SMILES string of the molecule is CNCCC1CCCCN1c1nc(Br)cs1. The number of anilines is 1. The molecule has 1 N–H and O–H groups in total. The fourth-order valence-corrected chi connectivity index (χ4v) is 3.59. The van der Waals surface area contributed by atoms with Crippen LogP contribution in [0, 0.1) is 0 Å². The van der Waals surface area contributed by atoms with Gasteiger partial charge in [-0.15, -0.1) is 11.3 Å². The van der Waals surface area contributed by atoms with Crippen LogP contribution in [0.1, 0.15) is 25.7 Å². The van der Waals surface area contributed by atoms with Crippen LogP contribution < -0.4 is 10.2 Å². The molecule has 0 saturated carbocycles. The molecule has 0 amide bonds. The van der Waals surface area contributed by atoms with Crippen molar-refractivity contribution in [3.05, 3.63) is 9.98 Å². The minimum absolute atomic E-state index is 0.666. The second-order valence-corrected chi connectivity index (χ2v) is 5.84. The Bertz CT molecular complexity index is 329. The monoisotopic (exact) mass is 303 g/mol. The van der Waals surface area contributed by atoms with Gasteiger partial charge in [0.15, 0.2) is 5.13 Å². The Morgan fingerprint density at radius 1 is 1.62 bits per heavy atom. The molecule has 1 aromatic rings. The summed E-state index contributed by atoms with van der Waals surface area (Å²) in [4.78, 5) is 7.02. The molecule has 90 valence electrons. The van der Waals surface area contributed by atoms with E-state index in [0.29, 0.717) is 6.04 Å². The Labute approximate surface area is 109 Å². The van der Waals surface area contributed by atoms with Crippen molar-refractivity contribution >= 4 is 32.4 Å². The largest absolute Gasteiger partial charge is 0.345 e. The lowest BCUT2D eigenvalue weighted by atomic mass is 10.00. The van der Waals surface area contributed by atoms with E-state index in [-0.39, 0.29) is 0 Å². The van der Waals surface area contributed by atoms with E-state index < -0.39 is 0 Å². The molecule has 2 rings (SSSR count). The van der Waals surface area contributed by atoms with E-state index in [1.807, 2.05) is 7.05 Å². The average molecular weight is 304 g/mol. The first kappa shape index (κ1) is 12.3. The fraction of sp³-hybridized carbons (Fsp3) is 0.727. The molecule has 1 aliphatic heterocycles. The predicted octanol–water partition coefficient (Wildman–Crippen LogP) is 2.87. The molecule has 5 heteroatoms. The van der Waals surface area contributed by atoms with Crippen LogP contribution in [0.4, 0.5) is 5.13 Å². The number of hydrogen-bond donors (Lipinski definition) is 1. The second kappa shape index (κ2) is 5.98. The van der Waals surface area contributed by atoms with Gasteiger partial charge in [0.1, 0.15) is 4.60 Å². The Hall–Kier alpha value is -0.130. The third-order valence-electron chi connectivity index (χ3n) is 3.06. The van der Waals surface area contributed by atoms with Gasteiger partial charge in [-0.05, 0) is 55.2 Å². The first-order chi connectivity index (χ1) is 7.81. The highest BCUT2D eigenvalue weighted by atomic mass is 79.9. The molecule has 0 spiro atoms. The third kappa shape index (κ3) is 2.96. The van der Waals surface area contributed by atoms with Crippen LogP contribution in [0.15, 0.2) is 9.98 Å². The van der Waals surface area contributed by atoms with Crippen molar-refractivity contribution in [2.24, 2.45) is 0 Å². The number of aromatic nitrogens is 1. The molecule has 0 aromatic carbocycles. The molecule has 1 aliphatic rings. The van der Waals surface area contributed by atoms with E-state index in [2.05, 4.69) is 36.5 Å². The number of hydrogen-bond acceptors (Lipinski definition) is 4. The third-order valence-corrected chi connectivity index (χ3v) is 4.65. The Kier molecular flexibility index (Phi) is 4.61. The summed E-state index contributed by atoms with van der Waals surface area (Å²) in [5, 5.41) is 6.48. The predicted molar refractivity (Wildman–Crippen MR) is 73.3 cm³/mol. The van der Waals surface area contributed by atoms with Gasteiger partial charge in [0.2, 0.25) is 0 Å². The smallest absolute Gasteiger partial charge is 0.186 e. The van der Waals surface area contributed by atoms with Crippen LogP contribution >= 0.6 is 27.3 Å². The van der Waals surface area contributed by atoms with Crippen LogP contribution in [0.25, 0.3) is 0 Å². The van der Waals surface area contributed by atoms with Gasteiger partial charge in [0, 0.05) is 18.0 Å². The Balaban J connectivity index is 2.04. The summed E-state index contributed by atoms with van der Waals surface area (Å²) in [7, 11) is 2.02. The van der Waals surface area contributed by atoms with Gasteiger partial charge in [0.05, 0.1) is 0 Å². The Morgan fingerprint density at radius 2 is 2.50 bits per heavy atom. The summed E-state index contributed by atoms with van der Waals surface area (Å²) in [5.74, 6) is 0. The molecular weight excluding hydrogens is 286 g/mol. The van der Waals surface area contributed by atoms with E-state index in [0.717, 1.165) is 17.7 Å². The van der Waals surface area contributed by atoms with Gasteiger partial charge in [0.25, 0.3) is 0 Å². The summed E-state index contributed by atoms with van der Waals surface area (Å²) >= 11 is 5.17. The first-order valence-corrected chi connectivity index (χ1v) is 7.51. The van der Waals surface area contributed by atoms with Gasteiger partial charge in [-0.2, -0.15) is 0 Å². The highest BCUT2D eigenvalue weighted by molar-refractivity contribution is 9.10. The van der Waals surface area contributed by atoms with Gasteiger partial charge in [-0.1, -0.05) is 0 Å². The number of halogens is 1. The van der Waals surface area contributed by atoms with Gasteiger partial charge >= 0.3 is 0 Å². The number of piperidine rings is 1. The molecule has 3 nitrogen and oxygen atoms in total. The van der Waals surface area contributed by atoms with E-state index in [1.54, 1.807) is 11.3 Å². The number of thiazole rings is 1. The van der Waals surface area contributed by atoms with E-state index in [4.69, 9.17) is 0 Å². The van der Waals surface area contributed by atoms with Crippen molar-refractivity contribution in [2.75, 3.05) is 25.0 Å². The number of nitrogens with zero attached hydrogens (tertiary/aromatic N) is 2. The molecule has 16 heavy (non-hydrogen) atoms. The molecular formula is C11H18BrN3S. The van der Waals surface area contributed by atoms with Gasteiger partial charge < -0.3 is 10.2 Å². The van der Waals surface area contributed by atoms with Crippen LogP contribution in [0.5, 0.6) is 0 Å². The first-order valence-electron chi connectivity index (χ1n) is 5.83. The maximum atomic E-state index is 4.53. The van der Waals surface area contributed by atoms with Crippen molar-refractivity contribution in [2.45, 2.75) is 31.7 Å². The lowest BCUT2D eigenvalue weighted by molar-refractivity contribution is 0.433. The topological polar surface area (TPSA) is 28.2 Å². The summed E-state index contributed by atoms with van der Waals surface area (Å²) in [6, 6.07) is 0.666. The summed E-state index contributed by atoms with van der Waals surface area (Å²) in [6.07, 6.45) is 5.18. The molecule has 0 aliphatic carbocycles. The van der Waals surface area contributed by atoms with Crippen LogP contribution in [-0.4, -0.2) is 31.2 Å². The molecule has 1 atom stereocenters. The van der Waals surface area contributed by atoms with E-state index in [9.17, 15) is 0 Å². The Morgan fingerprint density at radius 3 is 3.19 bits per heavy atom. The molecule has 1 aromatic heterocycles. The molecule has 1 fully saturated rings. The molecule has 0 radical (unpaired) electrons. The van der Waals surface area contributed by atoms with Crippen molar-refractivity contribution in [3.63, 3.8) is 0 Å². The summed E-state index contributed by atoms with van der Waals surface area (Å²) < 4.78 is 0.963. The zero-order valence-corrected chi connectivity index (χ0v) is 12.0. The standard InChI is InChI=1S/C11H18BrN3S/c1-13-6-5-9-4-2-3-7-15(9)11-14-10(12)8-16-11/h8-9,13H,2-7H2,1H3. The minimum atomic E-state index is 0.666. The van der Waals surface area contributed by atoms with Crippen molar-refractivity contribution < 1.29 is 0 Å². The molecule has 1 unspecified atom stereocenters. The van der Waals surface area contributed by atoms with Crippen LogP contribution in [-0.2, 0) is 0 Å². The zero-order chi connectivity index (χ0) is 11.4. The van der Waals surface area contributed by atoms with Crippen molar-refractivity contribution in [1.82, 2.24) is 10.3 Å². The minimum Gasteiger partial charge on any atom is -0.345 e. The highest BCUT2D eigenvalue weighted by Crippen LogP contribution is 2.30.